The minimum absolute atomic E-state index is 0.0291. The van der Waals surface area contributed by atoms with Crippen molar-refractivity contribution >= 4 is 11.8 Å². The summed E-state index contributed by atoms with van der Waals surface area (Å²) in [5, 5.41) is 12.6. The smallest absolute Gasteiger partial charge is 0.431 e. The molecule has 10 heteroatoms. The largest absolute Gasteiger partial charge is 0.514 e. The maximum Gasteiger partial charge on any atom is 0.514 e. The number of alkyl halides is 2. The van der Waals surface area contributed by atoms with E-state index in [1.165, 1.54) is 41.2 Å². The molecule has 8 nitrogen and oxygen atoms in total. The van der Waals surface area contributed by atoms with Gasteiger partial charge in [-0.1, -0.05) is 0 Å². The molecule has 0 saturated heterocycles. The molecule has 0 spiro atoms. The van der Waals surface area contributed by atoms with Gasteiger partial charge in [-0.2, -0.15) is 13.9 Å². The van der Waals surface area contributed by atoms with Gasteiger partial charge in [-0.3, -0.25) is 10.7 Å². The molecule has 0 amide bonds. The van der Waals surface area contributed by atoms with Crippen molar-refractivity contribution in [3.63, 3.8) is 0 Å². The molecule has 2 N–H and O–H groups in total. The molecule has 1 aromatic heterocycles. The molecule has 0 atom stereocenters. The maximum absolute atomic E-state index is 12.3. The summed E-state index contributed by atoms with van der Waals surface area (Å²) >= 11 is 0. The van der Waals surface area contributed by atoms with Gasteiger partial charge in [0.15, 0.2) is 0 Å². The summed E-state index contributed by atoms with van der Waals surface area (Å²) in [7, 11) is 0. The molecule has 0 aliphatic heterocycles. The minimum atomic E-state index is -2.93. The molecule has 134 valence electrons. The lowest BCUT2D eigenvalue weighted by Gasteiger charge is -2.34. The highest BCUT2D eigenvalue weighted by Crippen LogP contribution is 2.37. The van der Waals surface area contributed by atoms with Gasteiger partial charge in [0, 0.05) is 18.9 Å². The van der Waals surface area contributed by atoms with Crippen molar-refractivity contribution in [1.82, 2.24) is 9.78 Å². The first-order valence-electron chi connectivity index (χ1n) is 7.42. The summed E-state index contributed by atoms with van der Waals surface area (Å²) in [4.78, 5) is 11.7. The third-order valence-corrected chi connectivity index (χ3v) is 3.71. The number of aromatic nitrogens is 2. The first-order valence-corrected chi connectivity index (χ1v) is 7.42. The van der Waals surface area contributed by atoms with Crippen LogP contribution in [0.1, 0.15) is 18.9 Å². The quantitative estimate of drug-likeness (QED) is 0.467. The first kappa shape index (κ1) is 17.0. The zero-order valence-corrected chi connectivity index (χ0v) is 12.8. The van der Waals surface area contributed by atoms with E-state index in [4.69, 9.17) is 14.7 Å². The molecular weight excluding hydrogens is 340 g/mol. The summed E-state index contributed by atoms with van der Waals surface area (Å²) < 4.78 is 40.5. The standard InChI is InChI=1S/C15H15F2N3O5/c16-14(17)25-13-5-6-18-20(13)10-7-12(8-10)24-15(21)23-11-3-1-9(19-22)2-4-11/h1-6,10,12,14,19,22H,7-8H2. The minimum Gasteiger partial charge on any atom is -0.431 e. The van der Waals surface area contributed by atoms with E-state index < -0.39 is 12.8 Å². The summed E-state index contributed by atoms with van der Waals surface area (Å²) in [6.45, 7) is -2.93. The molecule has 0 radical (unpaired) electrons. The molecule has 1 heterocycles. The number of carbonyl (C=O) groups is 1. The molecule has 1 fully saturated rings. The first-order chi connectivity index (χ1) is 12.0. The van der Waals surface area contributed by atoms with E-state index in [0.717, 1.165) is 0 Å². The average molecular weight is 355 g/mol. The number of rotatable bonds is 6. The number of nitrogens with one attached hydrogen (secondary N) is 1. The Kier molecular flexibility index (Phi) is 4.98. The van der Waals surface area contributed by atoms with Gasteiger partial charge in [0.25, 0.3) is 0 Å². The normalized spacial score (nSPS) is 19.2. The zero-order valence-electron chi connectivity index (χ0n) is 12.8. The zero-order chi connectivity index (χ0) is 17.8. The van der Waals surface area contributed by atoms with Crippen LogP contribution in [0, 0.1) is 0 Å². The second kappa shape index (κ2) is 7.34. The average Bonchev–Trinajstić information content (AvgIpc) is 2.98. The molecule has 1 aromatic carbocycles. The number of ether oxygens (including phenoxy) is 3. The molecule has 0 unspecified atom stereocenters. The van der Waals surface area contributed by atoms with E-state index in [1.807, 2.05) is 5.48 Å². The highest BCUT2D eigenvalue weighted by Gasteiger charge is 2.36. The molecule has 3 rings (SSSR count). The Bertz CT molecular complexity index is 716. The van der Waals surface area contributed by atoms with Crippen molar-refractivity contribution < 1.29 is 33.0 Å². The lowest BCUT2D eigenvalue weighted by atomic mass is 9.89. The van der Waals surface area contributed by atoms with Crippen LogP contribution in [0.3, 0.4) is 0 Å². The second-order valence-electron chi connectivity index (χ2n) is 5.35. The van der Waals surface area contributed by atoms with Crippen molar-refractivity contribution in [2.24, 2.45) is 0 Å². The van der Waals surface area contributed by atoms with E-state index >= 15 is 0 Å². The summed E-state index contributed by atoms with van der Waals surface area (Å²) in [6, 6.07) is 7.17. The van der Waals surface area contributed by atoms with Crippen molar-refractivity contribution in [2.75, 3.05) is 5.48 Å². The SMILES string of the molecule is O=C(Oc1ccc(NO)cc1)OC1CC(n2nccc2OC(F)F)C1. The fourth-order valence-electron chi connectivity index (χ4n) is 2.45. The highest BCUT2D eigenvalue weighted by atomic mass is 19.3. The maximum atomic E-state index is 12.3. The third kappa shape index (κ3) is 4.15. The van der Waals surface area contributed by atoms with Crippen LogP contribution in [0.25, 0.3) is 0 Å². The van der Waals surface area contributed by atoms with Crippen LogP contribution in [0.4, 0.5) is 19.3 Å². The fourth-order valence-corrected chi connectivity index (χ4v) is 2.45. The van der Waals surface area contributed by atoms with Crippen molar-refractivity contribution in [3.05, 3.63) is 36.5 Å². The van der Waals surface area contributed by atoms with Crippen LogP contribution in [0.5, 0.6) is 11.6 Å². The Morgan fingerprint density at radius 2 is 2.00 bits per heavy atom. The van der Waals surface area contributed by atoms with Crippen LogP contribution < -0.4 is 15.0 Å². The van der Waals surface area contributed by atoms with Crippen molar-refractivity contribution in [3.8, 4) is 11.6 Å². The number of carbonyl (C=O) groups excluding carboxylic acids is 1. The summed E-state index contributed by atoms with van der Waals surface area (Å²) in [6.07, 6.45) is 0.954. The van der Waals surface area contributed by atoms with Gasteiger partial charge in [0.2, 0.25) is 5.88 Å². The van der Waals surface area contributed by atoms with Gasteiger partial charge < -0.3 is 14.2 Å². The van der Waals surface area contributed by atoms with Crippen molar-refractivity contribution in [2.45, 2.75) is 31.6 Å². The van der Waals surface area contributed by atoms with Crippen LogP contribution in [0.15, 0.2) is 36.5 Å². The Hall–Kier alpha value is -2.88. The number of hydrogen-bond donors (Lipinski definition) is 2. The Morgan fingerprint density at radius 3 is 2.64 bits per heavy atom. The van der Waals surface area contributed by atoms with Gasteiger partial charge in [0.05, 0.1) is 17.9 Å². The van der Waals surface area contributed by atoms with Crippen LogP contribution in [-0.2, 0) is 4.74 Å². The summed E-state index contributed by atoms with van der Waals surface area (Å²) in [5.41, 5.74) is 2.40. The second-order valence-corrected chi connectivity index (χ2v) is 5.35. The van der Waals surface area contributed by atoms with Crippen molar-refractivity contribution in [1.29, 1.82) is 0 Å². The molecular formula is C15H15F2N3O5. The van der Waals surface area contributed by atoms with Gasteiger partial charge in [0.1, 0.15) is 11.9 Å². The number of hydrogen-bond acceptors (Lipinski definition) is 7. The molecule has 1 saturated carbocycles. The number of benzene rings is 1. The highest BCUT2D eigenvalue weighted by molar-refractivity contribution is 5.64. The Balaban J connectivity index is 1.46. The van der Waals surface area contributed by atoms with E-state index in [2.05, 4.69) is 9.84 Å². The summed E-state index contributed by atoms with van der Waals surface area (Å²) in [5.74, 6) is 0.234. The van der Waals surface area contributed by atoms with E-state index in [-0.39, 0.29) is 23.8 Å². The number of anilines is 1. The molecule has 2 aromatic rings. The molecule has 1 aliphatic carbocycles. The topological polar surface area (TPSA) is 94.8 Å². The molecule has 0 bridgehead atoms. The van der Waals surface area contributed by atoms with E-state index in [0.29, 0.717) is 18.5 Å². The number of halogens is 2. The van der Waals surface area contributed by atoms with Gasteiger partial charge in [-0.25, -0.2) is 9.48 Å². The molecule has 25 heavy (non-hydrogen) atoms. The third-order valence-electron chi connectivity index (χ3n) is 3.71. The predicted octanol–water partition coefficient (Wildman–Crippen LogP) is 3.20. The van der Waals surface area contributed by atoms with Gasteiger partial charge in [-0.15, -0.1) is 0 Å². The fraction of sp³-hybridized carbons (Fsp3) is 0.333. The Labute approximate surface area is 140 Å². The van der Waals surface area contributed by atoms with E-state index in [9.17, 15) is 13.6 Å². The number of nitrogens with zero attached hydrogens (tertiary/aromatic N) is 2. The van der Waals surface area contributed by atoms with Crippen LogP contribution in [0.2, 0.25) is 0 Å². The van der Waals surface area contributed by atoms with Crippen LogP contribution >= 0.6 is 0 Å². The van der Waals surface area contributed by atoms with Gasteiger partial charge in [-0.05, 0) is 24.3 Å². The lowest BCUT2D eigenvalue weighted by molar-refractivity contribution is -0.0613. The van der Waals surface area contributed by atoms with Crippen LogP contribution in [-0.4, -0.2) is 33.9 Å². The van der Waals surface area contributed by atoms with Gasteiger partial charge >= 0.3 is 12.8 Å². The lowest BCUT2D eigenvalue weighted by Crippen LogP contribution is -2.36. The monoisotopic (exact) mass is 355 g/mol. The molecule has 1 aliphatic rings. The predicted molar refractivity (Wildman–Crippen MR) is 79.9 cm³/mol. The Morgan fingerprint density at radius 1 is 1.28 bits per heavy atom. The van der Waals surface area contributed by atoms with E-state index in [1.54, 1.807) is 0 Å².